The molecule has 0 fully saturated rings. The number of aromatic nitrogens is 1. The molecule has 0 bridgehead atoms. The smallest absolute Gasteiger partial charge is 0.188 e. The van der Waals surface area contributed by atoms with Crippen molar-refractivity contribution in [2.75, 3.05) is 6.54 Å². The zero-order valence-corrected chi connectivity index (χ0v) is 13.4. The summed E-state index contributed by atoms with van der Waals surface area (Å²) in [6.45, 7) is 5.76. The average molecular weight is 302 g/mol. The maximum atomic E-state index is 5.84. The van der Waals surface area contributed by atoms with Crippen molar-refractivity contribution in [3.8, 4) is 10.6 Å². The lowest BCUT2D eigenvalue weighted by Gasteiger charge is -2.06. The molecule has 0 atom stereocenters. The van der Waals surface area contributed by atoms with E-state index in [0.717, 1.165) is 29.2 Å². The highest BCUT2D eigenvalue weighted by Gasteiger charge is 2.04. The van der Waals surface area contributed by atoms with Gasteiger partial charge in [0.15, 0.2) is 5.96 Å². The largest absolute Gasteiger partial charge is 0.370 e. The maximum Gasteiger partial charge on any atom is 0.188 e. The lowest BCUT2D eigenvalue weighted by Crippen LogP contribution is -2.32. The molecule has 0 amide bonds. The van der Waals surface area contributed by atoms with Gasteiger partial charge in [-0.3, -0.25) is 0 Å². The van der Waals surface area contributed by atoms with Gasteiger partial charge in [-0.05, 0) is 12.3 Å². The lowest BCUT2D eigenvalue weighted by molar-refractivity contribution is 0.576. The van der Waals surface area contributed by atoms with Gasteiger partial charge in [0.05, 0.1) is 12.2 Å². The summed E-state index contributed by atoms with van der Waals surface area (Å²) in [5.74, 6) is 1.15. The highest BCUT2D eigenvalue weighted by Crippen LogP contribution is 2.23. The van der Waals surface area contributed by atoms with E-state index in [-0.39, 0.29) is 0 Å². The van der Waals surface area contributed by atoms with Gasteiger partial charge in [0, 0.05) is 17.5 Å². The number of nitrogens with zero attached hydrogens (tertiary/aromatic N) is 2. The minimum atomic E-state index is 0.491. The van der Waals surface area contributed by atoms with Crippen molar-refractivity contribution in [2.24, 2.45) is 16.6 Å². The number of hydrogen-bond donors (Lipinski definition) is 2. The van der Waals surface area contributed by atoms with E-state index in [9.17, 15) is 0 Å². The summed E-state index contributed by atoms with van der Waals surface area (Å²) in [5.41, 5.74) is 7.93. The van der Waals surface area contributed by atoms with E-state index in [2.05, 4.69) is 41.3 Å². The SMILES string of the molecule is CC(C)CCNC(N)=NCc1csc(-c2ccccc2)n1. The summed E-state index contributed by atoms with van der Waals surface area (Å²) in [7, 11) is 0. The summed E-state index contributed by atoms with van der Waals surface area (Å²) in [5, 5.41) is 6.18. The fourth-order valence-corrected chi connectivity index (χ4v) is 2.62. The van der Waals surface area contributed by atoms with E-state index in [1.807, 2.05) is 23.6 Å². The van der Waals surface area contributed by atoms with Crippen LogP contribution in [0.2, 0.25) is 0 Å². The zero-order chi connectivity index (χ0) is 15.1. The third-order valence-electron chi connectivity index (χ3n) is 3.01. The molecule has 1 aromatic carbocycles. The lowest BCUT2D eigenvalue weighted by atomic mass is 10.1. The van der Waals surface area contributed by atoms with Gasteiger partial charge in [0.2, 0.25) is 0 Å². The van der Waals surface area contributed by atoms with Crippen LogP contribution in [0, 0.1) is 5.92 Å². The van der Waals surface area contributed by atoms with Gasteiger partial charge < -0.3 is 11.1 Å². The molecule has 4 nitrogen and oxygen atoms in total. The van der Waals surface area contributed by atoms with Gasteiger partial charge in [-0.15, -0.1) is 11.3 Å². The fourth-order valence-electron chi connectivity index (χ4n) is 1.80. The molecule has 2 rings (SSSR count). The highest BCUT2D eigenvalue weighted by molar-refractivity contribution is 7.13. The molecule has 112 valence electrons. The monoisotopic (exact) mass is 302 g/mol. The molecule has 0 aliphatic carbocycles. The average Bonchev–Trinajstić information content (AvgIpc) is 2.94. The third kappa shape index (κ3) is 5.19. The maximum absolute atomic E-state index is 5.84. The second-order valence-electron chi connectivity index (χ2n) is 5.32. The van der Waals surface area contributed by atoms with Crippen LogP contribution < -0.4 is 11.1 Å². The number of benzene rings is 1. The number of nitrogens with one attached hydrogen (secondary N) is 1. The number of hydrogen-bond acceptors (Lipinski definition) is 3. The van der Waals surface area contributed by atoms with Gasteiger partial charge in [-0.1, -0.05) is 44.2 Å². The van der Waals surface area contributed by atoms with Crippen molar-refractivity contribution in [3.05, 3.63) is 41.4 Å². The van der Waals surface area contributed by atoms with Crippen molar-refractivity contribution in [1.29, 1.82) is 0 Å². The Morgan fingerprint density at radius 3 is 2.81 bits per heavy atom. The van der Waals surface area contributed by atoms with Crippen molar-refractivity contribution in [1.82, 2.24) is 10.3 Å². The predicted octanol–water partition coefficient (Wildman–Crippen LogP) is 3.26. The third-order valence-corrected chi connectivity index (χ3v) is 3.95. The number of rotatable bonds is 6. The van der Waals surface area contributed by atoms with E-state index < -0.39 is 0 Å². The molecular formula is C16H22N4S. The van der Waals surface area contributed by atoms with Crippen molar-refractivity contribution in [2.45, 2.75) is 26.8 Å². The van der Waals surface area contributed by atoms with Crippen LogP contribution in [-0.2, 0) is 6.54 Å². The molecule has 2 aromatic rings. The van der Waals surface area contributed by atoms with Gasteiger partial charge >= 0.3 is 0 Å². The summed E-state index contributed by atoms with van der Waals surface area (Å²) < 4.78 is 0. The molecule has 5 heteroatoms. The van der Waals surface area contributed by atoms with Crippen molar-refractivity contribution in [3.63, 3.8) is 0 Å². The molecule has 0 radical (unpaired) electrons. The standard InChI is InChI=1S/C16H22N4S/c1-12(2)8-9-18-16(17)19-10-14-11-21-15(20-14)13-6-4-3-5-7-13/h3-7,11-12H,8-10H2,1-2H3,(H3,17,18,19). The van der Waals surface area contributed by atoms with E-state index in [1.165, 1.54) is 0 Å². The molecule has 0 aliphatic heterocycles. The number of nitrogens with two attached hydrogens (primary N) is 1. The van der Waals surface area contributed by atoms with Gasteiger partial charge in [0.1, 0.15) is 5.01 Å². The van der Waals surface area contributed by atoms with Crippen LogP contribution in [0.4, 0.5) is 0 Å². The Morgan fingerprint density at radius 1 is 1.33 bits per heavy atom. The van der Waals surface area contributed by atoms with Crippen LogP contribution in [0.25, 0.3) is 10.6 Å². The molecule has 1 aromatic heterocycles. The topological polar surface area (TPSA) is 63.3 Å². The Morgan fingerprint density at radius 2 is 2.10 bits per heavy atom. The Balaban J connectivity index is 1.88. The Hall–Kier alpha value is -1.88. The summed E-state index contributed by atoms with van der Waals surface area (Å²) in [6.07, 6.45) is 1.09. The number of thiazole rings is 1. The van der Waals surface area contributed by atoms with Crippen LogP contribution in [0.15, 0.2) is 40.7 Å². The molecule has 1 heterocycles. The number of guanidine groups is 1. The highest BCUT2D eigenvalue weighted by atomic mass is 32.1. The van der Waals surface area contributed by atoms with E-state index in [4.69, 9.17) is 5.73 Å². The quantitative estimate of drug-likeness (QED) is 0.636. The second-order valence-corrected chi connectivity index (χ2v) is 6.18. The first-order chi connectivity index (χ1) is 10.1. The predicted molar refractivity (Wildman–Crippen MR) is 90.3 cm³/mol. The normalized spacial score (nSPS) is 11.9. The second kappa shape index (κ2) is 7.78. The van der Waals surface area contributed by atoms with Gasteiger partial charge in [0.25, 0.3) is 0 Å². The Bertz CT molecular complexity index is 575. The molecular weight excluding hydrogens is 280 g/mol. The minimum absolute atomic E-state index is 0.491. The van der Waals surface area contributed by atoms with Crippen LogP contribution in [0.5, 0.6) is 0 Å². The summed E-state index contributed by atoms with van der Waals surface area (Å²) in [4.78, 5) is 8.91. The molecule has 0 unspecified atom stereocenters. The Kier molecular flexibility index (Phi) is 5.75. The van der Waals surface area contributed by atoms with Gasteiger partial charge in [-0.2, -0.15) is 0 Å². The van der Waals surface area contributed by atoms with Crippen LogP contribution in [0.1, 0.15) is 26.0 Å². The summed E-state index contributed by atoms with van der Waals surface area (Å²) >= 11 is 1.63. The zero-order valence-electron chi connectivity index (χ0n) is 12.5. The minimum Gasteiger partial charge on any atom is -0.370 e. The van der Waals surface area contributed by atoms with E-state index in [1.54, 1.807) is 11.3 Å². The molecule has 0 spiro atoms. The Labute approximate surface area is 130 Å². The summed E-state index contributed by atoms with van der Waals surface area (Å²) in [6, 6.07) is 10.2. The van der Waals surface area contributed by atoms with Crippen LogP contribution in [0.3, 0.4) is 0 Å². The first-order valence-corrected chi connectivity index (χ1v) is 8.06. The van der Waals surface area contributed by atoms with Gasteiger partial charge in [-0.25, -0.2) is 9.98 Å². The molecule has 0 saturated heterocycles. The van der Waals surface area contributed by atoms with Crippen LogP contribution in [-0.4, -0.2) is 17.5 Å². The van der Waals surface area contributed by atoms with E-state index >= 15 is 0 Å². The van der Waals surface area contributed by atoms with Crippen LogP contribution >= 0.6 is 11.3 Å². The first-order valence-electron chi connectivity index (χ1n) is 7.18. The van der Waals surface area contributed by atoms with Crippen molar-refractivity contribution < 1.29 is 0 Å². The molecule has 0 aliphatic rings. The van der Waals surface area contributed by atoms with E-state index in [0.29, 0.717) is 18.4 Å². The molecule has 0 saturated carbocycles. The number of aliphatic imine (C=N–C) groups is 1. The first kappa shape index (κ1) is 15.5. The molecule has 3 N–H and O–H groups in total. The fraction of sp³-hybridized carbons (Fsp3) is 0.375. The molecule has 21 heavy (non-hydrogen) atoms. The van der Waals surface area contributed by atoms with Crippen molar-refractivity contribution >= 4 is 17.3 Å².